The molecule has 0 unspecified atom stereocenters. The van der Waals surface area contributed by atoms with E-state index >= 15 is 0 Å². The molecule has 4 aromatic rings. The van der Waals surface area contributed by atoms with Gasteiger partial charge >= 0.3 is 5.97 Å². The summed E-state index contributed by atoms with van der Waals surface area (Å²) in [4.78, 5) is 23.9. The van der Waals surface area contributed by atoms with Crippen molar-refractivity contribution in [2.24, 2.45) is 0 Å². The normalized spacial score (nSPS) is 11.1. The van der Waals surface area contributed by atoms with Gasteiger partial charge in [-0.05, 0) is 48.5 Å². The van der Waals surface area contributed by atoms with Crippen LogP contribution in [0.2, 0.25) is 0 Å². The van der Waals surface area contributed by atoms with E-state index in [0.717, 1.165) is 5.39 Å². The highest BCUT2D eigenvalue weighted by Gasteiger charge is 2.14. The molecule has 0 saturated heterocycles. The zero-order valence-electron chi connectivity index (χ0n) is 17.4. The third-order valence-electron chi connectivity index (χ3n) is 4.88. The molecule has 2 N–H and O–H groups in total. The smallest absolute Gasteiger partial charge is 0.323 e. The number of carbonyl (C=O) groups excluding carboxylic acids is 1. The third kappa shape index (κ3) is 5.09. The van der Waals surface area contributed by atoms with E-state index < -0.39 is 11.9 Å². The second-order valence-electron chi connectivity index (χ2n) is 7.19. The molecule has 0 aliphatic carbocycles. The first-order valence-electron chi connectivity index (χ1n) is 10.1. The lowest BCUT2D eigenvalue weighted by Crippen LogP contribution is -2.13. The van der Waals surface area contributed by atoms with Crippen LogP contribution in [0.1, 0.15) is 5.56 Å². The zero-order chi connectivity index (χ0) is 23.2. The van der Waals surface area contributed by atoms with Gasteiger partial charge in [0.15, 0.2) is 0 Å². The number of hydrogen-bond acceptors (Lipinski definition) is 4. The molecule has 0 saturated carbocycles. The Kier molecular flexibility index (Phi) is 6.19. The first-order valence-corrected chi connectivity index (χ1v) is 10.1. The molecule has 7 heteroatoms. The number of rotatable bonds is 7. The number of carbonyl (C=O) groups is 2. The van der Waals surface area contributed by atoms with Crippen LogP contribution in [0.25, 0.3) is 17.0 Å². The number of ether oxygens (including phenoxy) is 1. The number of aromatic nitrogens is 1. The number of nitrogens with zero attached hydrogens (tertiary/aromatic N) is 2. The molecule has 3 aromatic carbocycles. The molecule has 0 fully saturated rings. The number of para-hydroxylation sites is 2. The van der Waals surface area contributed by atoms with Gasteiger partial charge in [-0.2, -0.15) is 5.26 Å². The van der Waals surface area contributed by atoms with Gasteiger partial charge in [0.1, 0.15) is 29.7 Å². The van der Waals surface area contributed by atoms with Crippen molar-refractivity contribution in [2.45, 2.75) is 6.54 Å². The highest BCUT2D eigenvalue weighted by molar-refractivity contribution is 6.10. The molecule has 0 bridgehead atoms. The maximum absolute atomic E-state index is 12.7. The summed E-state index contributed by atoms with van der Waals surface area (Å²) in [6, 6.07) is 25.3. The quantitative estimate of drug-likeness (QED) is 0.310. The summed E-state index contributed by atoms with van der Waals surface area (Å²) in [5.41, 5.74) is 1.70. The van der Waals surface area contributed by atoms with E-state index in [0.29, 0.717) is 28.3 Å². The molecular formula is C26H19N3O4. The van der Waals surface area contributed by atoms with Crippen LogP contribution in [0.15, 0.2) is 90.6 Å². The van der Waals surface area contributed by atoms with Gasteiger partial charge in [-0.15, -0.1) is 0 Å². The molecule has 1 amide bonds. The van der Waals surface area contributed by atoms with Crippen molar-refractivity contribution >= 4 is 34.5 Å². The fourth-order valence-corrected chi connectivity index (χ4v) is 3.40. The number of amides is 1. The number of aliphatic carboxylic acids is 1. The number of hydrogen-bond donors (Lipinski definition) is 2. The minimum absolute atomic E-state index is 0.0992. The van der Waals surface area contributed by atoms with E-state index in [2.05, 4.69) is 5.32 Å². The highest BCUT2D eigenvalue weighted by Crippen LogP contribution is 2.25. The molecule has 0 radical (unpaired) electrons. The monoisotopic (exact) mass is 437 g/mol. The molecular weight excluding hydrogens is 418 g/mol. The average Bonchev–Trinajstić information content (AvgIpc) is 3.16. The summed E-state index contributed by atoms with van der Waals surface area (Å²) in [5, 5.41) is 22.2. The van der Waals surface area contributed by atoms with Crippen LogP contribution >= 0.6 is 0 Å². The minimum atomic E-state index is -0.982. The summed E-state index contributed by atoms with van der Waals surface area (Å²) in [7, 11) is 0. The van der Waals surface area contributed by atoms with Crippen molar-refractivity contribution in [3.63, 3.8) is 0 Å². The average molecular weight is 437 g/mol. The van der Waals surface area contributed by atoms with E-state index in [-0.39, 0.29) is 12.1 Å². The fourth-order valence-electron chi connectivity index (χ4n) is 3.40. The fraction of sp³-hybridized carbons (Fsp3) is 0.0385. The van der Waals surface area contributed by atoms with Crippen molar-refractivity contribution in [3.05, 3.63) is 96.2 Å². The molecule has 4 rings (SSSR count). The molecule has 1 heterocycles. The highest BCUT2D eigenvalue weighted by atomic mass is 16.5. The number of anilines is 1. The summed E-state index contributed by atoms with van der Waals surface area (Å²) < 4.78 is 7.31. The van der Waals surface area contributed by atoms with Crippen LogP contribution in [-0.2, 0) is 16.1 Å². The Morgan fingerprint density at radius 2 is 1.64 bits per heavy atom. The SMILES string of the molecule is N#C/C(=C\c1cn(CC(=O)O)c2ccccc12)C(=O)Nc1ccc(Oc2ccccc2)cc1. The Morgan fingerprint density at radius 1 is 0.970 bits per heavy atom. The number of fused-ring (bicyclic) bond motifs is 1. The lowest BCUT2D eigenvalue weighted by molar-refractivity contribution is -0.137. The Labute approximate surface area is 189 Å². The molecule has 162 valence electrons. The van der Waals surface area contributed by atoms with Gasteiger partial charge in [0, 0.05) is 28.4 Å². The van der Waals surface area contributed by atoms with E-state index in [1.54, 1.807) is 47.2 Å². The van der Waals surface area contributed by atoms with Crippen LogP contribution in [0.3, 0.4) is 0 Å². The lowest BCUT2D eigenvalue weighted by atomic mass is 10.1. The Morgan fingerprint density at radius 3 is 2.33 bits per heavy atom. The van der Waals surface area contributed by atoms with Crippen molar-refractivity contribution in [2.75, 3.05) is 5.32 Å². The van der Waals surface area contributed by atoms with Crippen LogP contribution in [0, 0.1) is 11.3 Å². The predicted molar refractivity (Wildman–Crippen MR) is 125 cm³/mol. The lowest BCUT2D eigenvalue weighted by Gasteiger charge is -2.08. The first-order chi connectivity index (χ1) is 16.0. The first kappa shape index (κ1) is 21.4. The number of benzene rings is 3. The molecule has 0 atom stereocenters. The van der Waals surface area contributed by atoms with Crippen molar-refractivity contribution in [1.82, 2.24) is 4.57 Å². The van der Waals surface area contributed by atoms with Crippen LogP contribution in [-0.4, -0.2) is 21.6 Å². The Balaban J connectivity index is 1.53. The molecule has 0 aliphatic rings. The van der Waals surface area contributed by atoms with Crippen LogP contribution in [0.4, 0.5) is 5.69 Å². The van der Waals surface area contributed by atoms with E-state index in [9.17, 15) is 14.9 Å². The maximum atomic E-state index is 12.7. The van der Waals surface area contributed by atoms with Gasteiger partial charge < -0.3 is 19.7 Å². The molecule has 0 spiro atoms. The van der Waals surface area contributed by atoms with Crippen LogP contribution < -0.4 is 10.1 Å². The molecule has 7 nitrogen and oxygen atoms in total. The Hall–Kier alpha value is -4.83. The second-order valence-corrected chi connectivity index (χ2v) is 7.19. The second kappa shape index (κ2) is 9.54. The van der Waals surface area contributed by atoms with E-state index in [1.165, 1.54) is 6.08 Å². The molecule has 0 aliphatic heterocycles. The maximum Gasteiger partial charge on any atom is 0.323 e. The summed E-state index contributed by atoms with van der Waals surface area (Å²) in [6.07, 6.45) is 3.09. The van der Waals surface area contributed by atoms with E-state index in [4.69, 9.17) is 9.84 Å². The van der Waals surface area contributed by atoms with Crippen molar-refractivity contribution < 1.29 is 19.4 Å². The molecule has 1 aromatic heterocycles. The third-order valence-corrected chi connectivity index (χ3v) is 4.88. The number of carboxylic acids is 1. The minimum Gasteiger partial charge on any atom is -0.480 e. The van der Waals surface area contributed by atoms with Crippen molar-refractivity contribution in [1.29, 1.82) is 5.26 Å². The standard InChI is InChI=1S/C26H19N3O4/c27-15-18(14-19-16-29(17-25(30)31)24-9-5-4-8-23(19)24)26(32)28-20-10-12-22(13-11-20)33-21-6-2-1-3-7-21/h1-14,16H,17H2,(H,28,32)(H,30,31)/b18-14+. The van der Waals surface area contributed by atoms with Gasteiger partial charge in [-0.1, -0.05) is 36.4 Å². The number of nitriles is 1. The van der Waals surface area contributed by atoms with Gasteiger partial charge in [0.2, 0.25) is 0 Å². The predicted octanol–water partition coefficient (Wildman–Crippen LogP) is 5.06. The van der Waals surface area contributed by atoms with Gasteiger partial charge in [0.05, 0.1) is 0 Å². The van der Waals surface area contributed by atoms with Gasteiger partial charge in [0.25, 0.3) is 5.91 Å². The van der Waals surface area contributed by atoms with E-state index in [1.807, 2.05) is 48.5 Å². The zero-order valence-corrected chi connectivity index (χ0v) is 17.4. The molecule has 33 heavy (non-hydrogen) atoms. The van der Waals surface area contributed by atoms with Crippen molar-refractivity contribution in [3.8, 4) is 17.6 Å². The van der Waals surface area contributed by atoms with Gasteiger partial charge in [-0.3, -0.25) is 9.59 Å². The summed E-state index contributed by atoms with van der Waals surface area (Å²) >= 11 is 0. The largest absolute Gasteiger partial charge is 0.480 e. The summed E-state index contributed by atoms with van der Waals surface area (Å²) in [5.74, 6) is -0.235. The number of nitrogens with one attached hydrogen (secondary N) is 1. The van der Waals surface area contributed by atoms with Crippen LogP contribution in [0.5, 0.6) is 11.5 Å². The summed E-state index contributed by atoms with van der Waals surface area (Å²) in [6.45, 7) is -0.222. The van der Waals surface area contributed by atoms with Gasteiger partial charge in [-0.25, -0.2) is 0 Å². The Bertz CT molecular complexity index is 1380. The topological polar surface area (TPSA) is 104 Å². The number of carboxylic acid groups (broad SMARTS) is 1.